The van der Waals surface area contributed by atoms with E-state index in [4.69, 9.17) is 9.47 Å². The highest BCUT2D eigenvalue weighted by molar-refractivity contribution is 5.76. The Hall–Kier alpha value is -1.39. The average Bonchev–Trinajstić information content (AvgIpc) is 2.79. The smallest absolute Gasteiger partial charge is 0.315 e. The van der Waals surface area contributed by atoms with Gasteiger partial charge in [-0.25, -0.2) is 0 Å². The minimum atomic E-state index is -1.11. The number of hydrogen-bond donors (Lipinski definition) is 1. The molecule has 98 valence electrons. The van der Waals surface area contributed by atoms with Gasteiger partial charge in [0.05, 0.1) is 13.2 Å². The first-order valence-corrected chi connectivity index (χ1v) is 6.03. The molecule has 0 radical (unpaired) electrons. The van der Waals surface area contributed by atoms with E-state index in [9.17, 15) is 9.90 Å². The zero-order valence-electron chi connectivity index (χ0n) is 10.7. The van der Waals surface area contributed by atoms with Crippen LogP contribution in [0.3, 0.4) is 0 Å². The molecular formula is C14H18O4. The van der Waals surface area contributed by atoms with Crippen LogP contribution in [0.15, 0.2) is 30.3 Å². The molecule has 0 aliphatic carbocycles. The summed E-state index contributed by atoms with van der Waals surface area (Å²) in [5.41, 5.74) is -0.145. The van der Waals surface area contributed by atoms with Crippen molar-refractivity contribution in [3.05, 3.63) is 35.9 Å². The van der Waals surface area contributed by atoms with Crippen molar-refractivity contribution in [2.45, 2.75) is 26.1 Å². The van der Waals surface area contributed by atoms with Crippen molar-refractivity contribution in [3.8, 4) is 0 Å². The third-order valence-electron chi connectivity index (χ3n) is 3.71. The van der Waals surface area contributed by atoms with Crippen LogP contribution in [0.2, 0.25) is 0 Å². The van der Waals surface area contributed by atoms with Gasteiger partial charge in [-0.3, -0.25) is 4.79 Å². The summed E-state index contributed by atoms with van der Waals surface area (Å²) in [6.07, 6.45) is 0.375. The Morgan fingerprint density at radius 3 is 2.39 bits per heavy atom. The maximum atomic E-state index is 11.7. The molecule has 0 saturated carbocycles. The van der Waals surface area contributed by atoms with E-state index in [1.807, 2.05) is 30.3 Å². The third-order valence-corrected chi connectivity index (χ3v) is 3.71. The zero-order chi connectivity index (χ0) is 13.2. The molecule has 0 spiro atoms. The van der Waals surface area contributed by atoms with Crippen LogP contribution < -0.4 is 0 Å². The second-order valence-electron chi connectivity index (χ2n) is 4.94. The van der Waals surface area contributed by atoms with Crippen LogP contribution in [0.25, 0.3) is 0 Å². The lowest BCUT2D eigenvalue weighted by Crippen LogP contribution is -2.51. The number of carboxylic acids is 1. The first-order chi connectivity index (χ1) is 8.48. The lowest BCUT2D eigenvalue weighted by atomic mass is 9.76. The molecule has 1 aliphatic rings. The van der Waals surface area contributed by atoms with E-state index in [1.54, 1.807) is 13.8 Å². The highest BCUT2D eigenvalue weighted by atomic mass is 16.7. The molecule has 4 nitrogen and oxygen atoms in total. The summed E-state index contributed by atoms with van der Waals surface area (Å²) in [5.74, 6) is -1.98. The molecule has 4 heteroatoms. The van der Waals surface area contributed by atoms with E-state index >= 15 is 0 Å². The van der Waals surface area contributed by atoms with Crippen LogP contribution in [-0.4, -0.2) is 30.1 Å². The largest absolute Gasteiger partial charge is 0.481 e. The first kappa shape index (κ1) is 13.1. The molecule has 1 atom stereocenters. The summed E-state index contributed by atoms with van der Waals surface area (Å²) in [7, 11) is 0. The summed E-state index contributed by atoms with van der Waals surface area (Å²) < 4.78 is 11.1. The highest BCUT2D eigenvalue weighted by Crippen LogP contribution is 2.41. The number of hydrogen-bond acceptors (Lipinski definition) is 3. The Kier molecular flexibility index (Phi) is 3.41. The van der Waals surface area contributed by atoms with Gasteiger partial charge in [-0.1, -0.05) is 30.3 Å². The van der Waals surface area contributed by atoms with E-state index in [0.29, 0.717) is 19.6 Å². The minimum Gasteiger partial charge on any atom is -0.481 e. The molecule has 2 rings (SSSR count). The summed E-state index contributed by atoms with van der Waals surface area (Å²) in [6, 6.07) is 9.54. The Morgan fingerprint density at radius 2 is 1.89 bits per heavy atom. The van der Waals surface area contributed by atoms with Gasteiger partial charge in [0, 0.05) is 0 Å². The number of aliphatic carboxylic acids is 1. The molecule has 0 bridgehead atoms. The lowest BCUT2D eigenvalue weighted by Gasteiger charge is -2.38. The van der Waals surface area contributed by atoms with Crippen molar-refractivity contribution in [2.75, 3.05) is 13.2 Å². The number of carbonyl (C=O) groups is 1. The summed E-state index contributed by atoms with van der Waals surface area (Å²) in [6.45, 7) is 4.26. The molecule has 1 fully saturated rings. The Labute approximate surface area is 107 Å². The van der Waals surface area contributed by atoms with Crippen molar-refractivity contribution in [2.24, 2.45) is 5.41 Å². The Balaban J connectivity index is 2.30. The highest BCUT2D eigenvalue weighted by Gasteiger charge is 2.54. The van der Waals surface area contributed by atoms with Crippen LogP contribution in [0, 0.1) is 5.41 Å². The molecule has 1 aliphatic heterocycles. The molecule has 1 aromatic rings. The standard InChI is InChI=1S/C14H18O4/c1-13(12(15)16,14(2)17-8-9-18-14)10-11-6-4-3-5-7-11/h3-7H,8-10H2,1-2H3,(H,15,16). The molecule has 0 amide bonds. The first-order valence-electron chi connectivity index (χ1n) is 6.03. The van der Waals surface area contributed by atoms with E-state index in [-0.39, 0.29) is 0 Å². The Morgan fingerprint density at radius 1 is 1.33 bits per heavy atom. The fourth-order valence-corrected chi connectivity index (χ4v) is 2.27. The number of rotatable bonds is 4. The molecule has 18 heavy (non-hydrogen) atoms. The quantitative estimate of drug-likeness (QED) is 0.889. The molecule has 1 N–H and O–H groups in total. The number of carboxylic acid groups (broad SMARTS) is 1. The normalized spacial score (nSPS) is 21.4. The average molecular weight is 250 g/mol. The van der Waals surface area contributed by atoms with Gasteiger partial charge in [0.1, 0.15) is 5.41 Å². The van der Waals surface area contributed by atoms with Crippen LogP contribution in [0.4, 0.5) is 0 Å². The predicted octanol–water partition coefficient (Wildman–Crippen LogP) is 2.08. The summed E-state index contributed by atoms with van der Waals surface area (Å²) in [4.78, 5) is 11.7. The van der Waals surface area contributed by atoms with Gasteiger partial charge in [-0.15, -0.1) is 0 Å². The molecule has 1 saturated heterocycles. The van der Waals surface area contributed by atoms with Gasteiger partial charge in [-0.05, 0) is 25.8 Å². The van der Waals surface area contributed by atoms with Gasteiger partial charge < -0.3 is 14.6 Å². The molecule has 1 aromatic carbocycles. The lowest BCUT2D eigenvalue weighted by molar-refractivity contribution is -0.227. The summed E-state index contributed by atoms with van der Waals surface area (Å²) in [5, 5.41) is 9.56. The van der Waals surface area contributed by atoms with E-state index in [1.165, 1.54) is 0 Å². The molecule has 1 unspecified atom stereocenters. The molecule has 1 heterocycles. The maximum absolute atomic E-state index is 11.7. The zero-order valence-corrected chi connectivity index (χ0v) is 10.7. The topological polar surface area (TPSA) is 55.8 Å². The van der Waals surface area contributed by atoms with Gasteiger partial charge in [0.2, 0.25) is 0 Å². The molecule has 0 aromatic heterocycles. The van der Waals surface area contributed by atoms with Crippen molar-refractivity contribution in [1.82, 2.24) is 0 Å². The summed E-state index contributed by atoms with van der Waals surface area (Å²) >= 11 is 0. The van der Waals surface area contributed by atoms with E-state index in [2.05, 4.69) is 0 Å². The van der Waals surface area contributed by atoms with E-state index in [0.717, 1.165) is 5.56 Å². The second-order valence-corrected chi connectivity index (χ2v) is 4.94. The van der Waals surface area contributed by atoms with Gasteiger partial charge in [0.15, 0.2) is 5.79 Å². The third kappa shape index (κ3) is 2.13. The monoisotopic (exact) mass is 250 g/mol. The number of ether oxygens (including phenoxy) is 2. The van der Waals surface area contributed by atoms with Crippen LogP contribution in [0.5, 0.6) is 0 Å². The van der Waals surface area contributed by atoms with Crippen LogP contribution in [-0.2, 0) is 20.7 Å². The maximum Gasteiger partial charge on any atom is 0.315 e. The van der Waals surface area contributed by atoms with Crippen molar-refractivity contribution >= 4 is 5.97 Å². The van der Waals surface area contributed by atoms with E-state index < -0.39 is 17.2 Å². The van der Waals surface area contributed by atoms with Gasteiger partial charge in [-0.2, -0.15) is 0 Å². The van der Waals surface area contributed by atoms with Crippen molar-refractivity contribution in [1.29, 1.82) is 0 Å². The fraction of sp³-hybridized carbons (Fsp3) is 0.500. The van der Waals surface area contributed by atoms with Crippen LogP contribution in [0.1, 0.15) is 19.4 Å². The minimum absolute atomic E-state index is 0.375. The number of benzene rings is 1. The van der Waals surface area contributed by atoms with Gasteiger partial charge >= 0.3 is 5.97 Å². The molecular weight excluding hydrogens is 232 g/mol. The van der Waals surface area contributed by atoms with Crippen molar-refractivity contribution in [3.63, 3.8) is 0 Å². The fourth-order valence-electron chi connectivity index (χ4n) is 2.27. The van der Waals surface area contributed by atoms with Gasteiger partial charge in [0.25, 0.3) is 0 Å². The van der Waals surface area contributed by atoms with Crippen molar-refractivity contribution < 1.29 is 19.4 Å². The Bertz CT molecular complexity index is 423. The van der Waals surface area contributed by atoms with Crippen LogP contribution >= 0.6 is 0 Å². The second kappa shape index (κ2) is 4.71. The SMILES string of the molecule is CC1(C(C)(Cc2ccccc2)C(=O)O)OCCO1. The predicted molar refractivity (Wildman–Crippen MR) is 66.2 cm³/mol.